The number of benzene rings is 1. The smallest absolute Gasteiger partial charge is 0.434 e. The molecule has 0 atom stereocenters. The second-order valence-electron chi connectivity index (χ2n) is 4.17. The highest BCUT2D eigenvalue weighted by molar-refractivity contribution is 6.00. The van der Waals surface area contributed by atoms with Gasteiger partial charge in [0, 0.05) is 0 Å². The van der Waals surface area contributed by atoms with Gasteiger partial charge in [0.2, 0.25) is 0 Å². The second-order valence-corrected chi connectivity index (χ2v) is 4.17. The van der Waals surface area contributed by atoms with Crippen LogP contribution in [0.15, 0.2) is 12.1 Å². The number of carbonyl (C=O) groups is 3. The van der Waals surface area contributed by atoms with Crippen LogP contribution in [0.5, 0.6) is 11.5 Å². The van der Waals surface area contributed by atoms with Gasteiger partial charge in [0.15, 0.2) is 11.5 Å². The largest absolute Gasteiger partial charge is 0.514 e. The fourth-order valence-electron chi connectivity index (χ4n) is 1.66. The van der Waals surface area contributed by atoms with Gasteiger partial charge in [0.05, 0.1) is 23.7 Å². The summed E-state index contributed by atoms with van der Waals surface area (Å²) in [7, 11) is 0. The highest BCUT2D eigenvalue weighted by Gasteiger charge is 2.31. The quantitative estimate of drug-likeness (QED) is 0.252. The van der Waals surface area contributed by atoms with Gasteiger partial charge in [-0.3, -0.25) is 14.9 Å². The van der Waals surface area contributed by atoms with Gasteiger partial charge in [-0.1, -0.05) is 0 Å². The monoisotopic (exact) mass is 341 g/mol. The normalized spacial score (nSPS) is 9.79. The van der Waals surface area contributed by atoms with Gasteiger partial charge >= 0.3 is 18.0 Å². The lowest BCUT2D eigenvalue weighted by atomic mass is 10.1. The summed E-state index contributed by atoms with van der Waals surface area (Å²) in [4.78, 5) is 44.9. The molecule has 1 aromatic carbocycles. The molecule has 130 valence electrons. The summed E-state index contributed by atoms with van der Waals surface area (Å²) in [5, 5.41) is 11.3. The van der Waals surface area contributed by atoms with E-state index in [1.54, 1.807) is 0 Å². The Labute approximate surface area is 136 Å². The first-order valence-electron chi connectivity index (χ1n) is 6.83. The van der Waals surface area contributed by atoms with E-state index < -0.39 is 40.2 Å². The summed E-state index contributed by atoms with van der Waals surface area (Å²) >= 11 is 0. The molecule has 0 saturated heterocycles. The molecule has 0 unspecified atom stereocenters. The molecule has 0 saturated carbocycles. The van der Waals surface area contributed by atoms with E-state index in [4.69, 9.17) is 9.47 Å². The molecule has 10 nitrogen and oxygen atoms in total. The fourth-order valence-corrected chi connectivity index (χ4v) is 1.66. The van der Waals surface area contributed by atoms with Gasteiger partial charge in [-0.05, 0) is 32.9 Å². The zero-order chi connectivity index (χ0) is 18.3. The van der Waals surface area contributed by atoms with Crippen molar-refractivity contribution in [1.82, 2.24) is 0 Å². The van der Waals surface area contributed by atoms with E-state index in [0.29, 0.717) is 0 Å². The van der Waals surface area contributed by atoms with Crippen molar-refractivity contribution >= 4 is 23.8 Å². The first-order chi connectivity index (χ1) is 11.3. The Balaban J connectivity index is 3.43. The van der Waals surface area contributed by atoms with Crippen LogP contribution in [0.25, 0.3) is 0 Å². The van der Waals surface area contributed by atoms with Crippen LogP contribution in [0.2, 0.25) is 0 Å². The maximum absolute atomic E-state index is 11.6. The Morgan fingerprint density at radius 3 is 2.04 bits per heavy atom. The molecule has 24 heavy (non-hydrogen) atoms. The zero-order valence-corrected chi connectivity index (χ0v) is 13.2. The third-order valence-corrected chi connectivity index (χ3v) is 2.56. The van der Waals surface area contributed by atoms with Crippen LogP contribution in [-0.4, -0.2) is 36.2 Å². The van der Waals surface area contributed by atoms with Crippen LogP contribution in [0.1, 0.15) is 31.1 Å². The van der Waals surface area contributed by atoms with Gasteiger partial charge in [-0.15, -0.1) is 0 Å². The van der Waals surface area contributed by atoms with Crippen LogP contribution in [0, 0.1) is 10.1 Å². The minimum absolute atomic E-state index is 0.000519. The topological polar surface area (TPSA) is 131 Å². The predicted octanol–water partition coefficient (Wildman–Crippen LogP) is 2.87. The van der Waals surface area contributed by atoms with Crippen LogP contribution in [-0.2, 0) is 9.47 Å². The van der Waals surface area contributed by atoms with Gasteiger partial charge in [0.25, 0.3) is 5.75 Å². The molecule has 0 spiro atoms. The first kappa shape index (κ1) is 18.9. The highest BCUT2D eigenvalue weighted by Crippen LogP contribution is 2.40. The SMILES string of the molecule is CCOC(=O)Oc1ccc(C(C)=O)c([N+](=O)[O-])c1OC(=O)OCC. The predicted molar refractivity (Wildman–Crippen MR) is 78.4 cm³/mol. The van der Waals surface area contributed by atoms with Gasteiger partial charge in [-0.25, -0.2) is 9.59 Å². The molecular formula is C14H15NO9. The lowest BCUT2D eigenvalue weighted by molar-refractivity contribution is -0.385. The Bertz CT molecular complexity index is 668. The number of rotatable bonds is 6. The molecule has 1 rings (SSSR count). The Morgan fingerprint density at radius 2 is 1.58 bits per heavy atom. The van der Waals surface area contributed by atoms with Crippen molar-refractivity contribution in [2.24, 2.45) is 0 Å². The zero-order valence-electron chi connectivity index (χ0n) is 13.2. The number of nitro groups is 1. The number of ketones is 1. The standard InChI is InChI=1S/C14H15NO9/c1-4-21-13(17)23-10-7-6-9(8(3)16)11(15(19)20)12(10)24-14(18)22-5-2/h6-7H,4-5H2,1-3H3. The average Bonchev–Trinajstić information content (AvgIpc) is 2.48. The molecule has 0 aliphatic carbocycles. The molecule has 0 amide bonds. The molecule has 1 aromatic rings. The Morgan fingerprint density at radius 1 is 1.04 bits per heavy atom. The van der Waals surface area contributed by atoms with Crippen molar-refractivity contribution < 1.29 is 38.3 Å². The summed E-state index contributed by atoms with van der Waals surface area (Å²) in [6.45, 7) is 4.08. The molecule has 0 aliphatic rings. The van der Waals surface area contributed by atoms with Crippen molar-refractivity contribution in [2.75, 3.05) is 13.2 Å². The van der Waals surface area contributed by atoms with Gasteiger partial charge < -0.3 is 18.9 Å². The first-order valence-corrected chi connectivity index (χ1v) is 6.83. The summed E-state index contributed by atoms with van der Waals surface area (Å²) in [5.74, 6) is -1.82. The second kappa shape index (κ2) is 8.46. The molecule has 0 bridgehead atoms. The Hall–Kier alpha value is -3.17. The number of carbonyl (C=O) groups excluding carboxylic acids is 3. The van der Waals surface area contributed by atoms with Gasteiger partial charge in [0.1, 0.15) is 0 Å². The summed E-state index contributed by atoms with van der Waals surface area (Å²) in [5.41, 5.74) is -1.15. The number of nitrogens with zero attached hydrogens (tertiary/aromatic N) is 1. The number of Topliss-reactive ketones (excluding diaryl/α,β-unsaturated/α-hetero) is 1. The number of nitro benzene ring substituents is 1. The molecule has 10 heteroatoms. The summed E-state index contributed by atoms with van der Waals surface area (Å²) in [6, 6.07) is 2.16. The molecule has 0 aliphatic heterocycles. The molecule has 0 N–H and O–H groups in total. The van der Waals surface area contributed by atoms with E-state index in [9.17, 15) is 24.5 Å². The minimum Gasteiger partial charge on any atom is -0.434 e. The van der Waals surface area contributed by atoms with Crippen LogP contribution in [0.4, 0.5) is 15.3 Å². The van der Waals surface area contributed by atoms with Gasteiger partial charge in [-0.2, -0.15) is 0 Å². The van der Waals surface area contributed by atoms with Crippen molar-refractivity contribution in [2.45, 2.75) is 20.8 Å². The van der Waals surface area contributed by atoms with E-state index in [1.165, 1.54) is 13.8 Å². The third kappa shape index (κ3) is 4.66. The lowest BCUT2D eigenvalue weighted by Crippen LogP contribution is -2.16. The maximum atomic E-state index is 11.6. The number of ether oxygens (including phenoxy) is 4. The minimum atomic E-state index is -1.25. The molecule has 0 aromatic heterocycles. The summed E-state index contributed by atoms with van der Waals surface area (Å²) < 4.78 is 18.7. The van der Waals surface area contributed by atoms with Crippen LogP contribution < -0.4 is 9.47 Å². The lowest BCUT2D eigenvalue weighted by Gasteiger charge is -2.12. The van der Waals surface area contributed by atoms with Crippen molar-refractivity contribution in [3.63, 3.8) is 0 Å². The summed E-state index contributed by atoms with van der Waals surface area (Å²) in [6.07, 6.45) is -2.41. The highest BCUT2D eigenvalue weighted by atomic mass is 16.7. The maximum Gasteiger partial charge on any atom is 0.514 e. The average molecular weight is 341 g/mol. The van der Waals surface area contributed by atoms with E-state index in [2.05, 4.69) is 9.47 Å². The molecule has 0 radical (unpaired) electrons. The molecular weight excluding hydrogens is 326 g/mol. The fraction of sp³-hybridized carbons (Fsp3) is 0.357. The van der Waals surface area contributed by atoms with E-state index in [-0.39, 0.29) is 18.8 Å². The molecule has 0 heterocycles. The van der Waals surface area contributed by atoms with Crippen molar-refractivity contribution in [1.29, 1.82) is 0 Å². The Kier molecular flexibility index (Phi) is 6.65. The number of hydrogen-bond donors (Lipinski definition) is 0. The number of hydrogen-bond acceptors (Lipinski definition) is 9. The van der Waals surface area contributed by atoms with E-state index in [0.717, 1.165) is 19.1 Å². The molecule has 0 fully saturated rings. The van der Waals surface area contributed by atoms with Crippen molar-refractivity contribution in [3.05, 3.63) is 27.8 Å². The van der Waals surface area contributed by atoms with Crippen LogP contribution >= 0.6 is 0 Å². The van der Waals surface area contributed by atoms with Crippen molar-refractivity contribution in [3.8, 4) is 11.5 Å². The third-order valence-electron chi connectivity index (χ3n) is 2.56. The van der Waals surface area contributed by atoms with E-state index in [1.807, 2.05) is 0 Å². The van der Waals surface area contributed by atoms with Crippen LogP contribution in [0.3, 0.4) is 0 Å². The van der Waals surface area contributed by atoms with E-state index >= 15 is 0 Å².